The molecular formula is C19H28N4O3S. The van der Waals surface area contributed by atoms with Gasteiger partial charge in [0, 0.05) is 38.1 Å². The van der Waals surface area contributed by atoms with Crippen molar-refractivity contribution in [1.29, 1.82) is 0 Å². The van der Waals surface area contributed by atoms with Gasteiger partial charge in [-0.05, 0) is 37.1 Å². The van der Waals surface area contributed by atoms with Crippen molar-refractivity contribution in [2.75, 3.05) is 38.8 Å². The molecule has 2 aliphatic rings. The zero-order chi connectivity index (χ0) is 19.0. The molecule has 4 atom stereocenters. The largest absolute Gasteiger partial charge is 0.381 e. The van der Waals surface area contributed by atoms with E-state index in [0.717, 1.165) is 25.5 Å². The summed E-state index contributed by atoms with van der Waals surface area (Å²) < 4.78 is 13.0. The summed E-state index contributed by atoms with van der Waals surface area (Å²) in [6.07, 6.45) is 2.69. The van der Waals surface area contributed by atoms with Gasteiger partial charge in [0.05, 0.1) is 19.3 Å². The number of nitrogens with zero attached hydrogens (tertiary/aromatic N) is 4. The van der Waals surface area contributed by atoms with Crippen LogP contribution in [0.3, 0.4) is 0 Å². The molecule has 148 valence electrons. The van der Waals surface area contributed by atoms with Crippen LogP contribution in [0.4, 0.5) is 5.95 Å². The van der Waals surface area contributed by atoms with E-state index in [1.807, 2.05) is 17.7 Å². The van der Waals surface area contributed by atoms with Gasteiger partial charge >= 0.3 is 0 Å². The van der Waals surface area contributed by atoms with E-state index in [-0.39, 0.29) is 6.61 Å². The molecule has 1 aliphatic heterocycles. The topological polar surface area (TPSA) is 72.6 Å². The lowest BCUT2D eigenvalue weighted by Crippen LogP contribution is -2.33. The SMILES string of the molecule is COCC(C)(O)c1nnc(N2C[C@@H]3CC[C@H](OC)[C@@H]3C2)n1Cc1cccs1. The Kier molecular flexibility index (Phi) is 5.24. The average molecular weight is 393 g/mol. The number of hydrogen-bond donors (Lipinski definition) is 1. The van der Waals surface area contributed by atoms with Crippen molar-refractivity contribution in [3.8, 4) is 0 Å². The van der Waals surface area contributed by atoms with Crippen LogP contribution in [0, 0.1) is 11.8 Å². The average Bonchev–Trinajstić information content (AvgIpc) is 3.38. The molecule has 4 rings (SSSR count). The standard InChI is InChI=1S/C19H28N4O3S/c1-19(24,12-25-2)17-20-21-18(23(17)10-14-5-4-8-27-14)22-9-13-6-7-16(26-3)15(13)11-22/h4-5,8,13,15-16,24H,6-7,9-12H2,1-3H3/t13-,15+,16-,19?/m0/s1. The third-order valence-electron chi connectivity index (χ3n) is 5.91. The molecular weight excluding hydrogens is 364 g/mol. The van der Waals surface area contributed by atoms with Gasteiger partial charge in [-0.25, -0.2) is 0 Å². The Morgan fingerprint density at radius 2 is 2.15 bits per heavy atom. The first-order valence-corrected chi connectivity index (χ1v) is 10.4. The molecule has 0 spiro atoms. The Morgan fingerprint density at radius 3 is 2.85 bits per heavy atom. The summed E-state index contributed by atoms with van der Waals surface area (Å²) in [5.74, 6) is 2.57. The van der Waals surface area contributed by atoms with E-state index in [9.17, 15) is 5.11 Å². The van der Waals surface area contributed by atoms with Crippen LogP contribution in [0.1, 0.15) is 30.5 Å². The monoisotopic (exact) mass is 392 g/mol. The summed E-state index contributed by atoms with van der Waals surface area (Å²) >= 11 is 1.70. The smallest absolute Gasteiger partial charge is 0.227 e. The molecule has 1 unspecified atom stereocenters. The van der Waals surface area contributed by atoms with Crippen LogP contribution >= 0.6 is 11.3 Å². The van der Waals surface area contributed by atoms with Gasteiger partial charge in [-0.2, -0.15) is 0 Å². The normalized spacial score (nSPS) is 27.1. The molecule has 1 saturated heterocycles. The quantitative estimate of drug-likeness (QED) is 0.778. The minimum atomic E-state index is -1.19. The number of thiophene rings is 1. The lowest BCUT2D eigenvalue weighted by molar-refractivity contribution is -0.0297. The number of aromatic nitrogens is 3. The van der Waals surface area contributed by atoms with Gasteiger partial charge in [-0.3, -0.25) is 4.57 Å². The van der Waals surface area contributed by atoms with Gasteiger partial charge in [-0.15, -0.1) is 21.5 Å². The van der Waals surface area contributed by atoms with E-state index in [0.29, 0.717) is 30.3 Å². The van der Waals surface area contributed by atoms with Gasteiger partial charge in [0.15, 0.2) is 5.82 Å². The number of methoxy groups -OCH3 is 2. The highest BCUT2D eigenvalue weighted by molar-refractivity contribution is 7.09. The van der Waals surface area contributed by atoms with Crippen molar-refractivity contribution in [2.45, 2.75) is 38.0 Å². The van der Waals surface area contributed by atoms with Gasteiger partial charge in [0.2, 0.25) is 5.95 Å². The van der Waals surface area contributed by atoms with Crippen LogP contribution in [0.25, 0.3) is 0 Å². The van der Waals surface area contributed by atoms with E-state index in [4.69, 9.17) is 9.47 Å². The number of aliphatic hydroxyl groups is 1. The summed E-state index contributed by atoms with van der Waals surface area (Å²) in [6.45, 7) is 4.45. The second-order valence-electron chi connectivity index (χ2n) is 7.88. The maximum absolute atomic E-state index is 10.9. The summed E-state index contributed by atoms with van der Waals surface area (Å²) in [5, 5.41) is 21.8. The fraction of sp³-hybridized carbons (Fsp3) is 0.684. The number of hydrogen-bond acceptors (Lipinski definition) is 7. The molecule has 27 heavy (non-hydrogen) atoms. The Labute approximate surface area is 163 Å². The molecule has 3 heterocycles. The first-order valence-electron chi connectivity index (χ1n) is 9.48. The second-order valence-corrected chi connectivity index (χ2v) is 8.91. The van der Waals surface area contributed by atoms with E-state index >= 15 is 0 Å². The molecule has 1 N–H and O–H groups in total. The molecule has 0 amide bonds. The number of rotatable bonds is 7. The Morgan fingerprint density at radius 1 is 1.30 bits per heavy atom. The first kappa shape index (κ1) is 18.9. The number of ether oxygens (including phenoxy) is 2. The van der Waals surface area contributed by atoms with Crippen LogP contribution in [0.2, 0.25) is 0 Å². The molecule has 2 aromatic rings. The zero-order valence-electron chi connectivity index (χ0n) is 16.2. The highest BCUT2D eigenvalue weighted by Gasteiger charge is 2.44. The lowest BCUT2D eigenvalue weighted by atomic mass is 9.99. The predicted molar refractivity (Wildman–Crippen MR) is 104 cm³/mol. The van der Waals surface area contributed by atoms with E-state index in [1.54, 1.807) is 25.4 Å². The summed E-state index contributed by atoms with van der Waals surface area (Å²) in [4.78, 5) is 3.52. The van der Waals surface area contributed by atoms with Crippen molar-refractivity contribution >= 4 is 17.3 Å². The fourth-order valence-electron chi connectivity index (χ4n) is 4.65. The van der Waals surface area contributed by atoms with Crippen molar-refractivity contribution in [3.05, 3.63) is 28.2 Å². The minimum Gasteiger partial charge on any atom is -0.381 e. The van der Waals surface area contributed by atoms with E-state index in [2.05, 4.69) is 26.5 Å². The first-order chi connectivity index (χ1) is 13.0. The van der Waals surface area contributed by atoms with Gasteiger partial charge in [0.25, 0.3) is 0 Å². The van der Waals surface area contributed by atoms with Gasteiger partial charge in [0.1, 0.15) is 5.60 Å². The number of anilines is 1. The Hall–Kier alpha value is -1.48. The molecule has 0 radical (unpaired) electrons. The third kappa shape index (κ3) is 3.51. The maximum atomic E-state index is 10.9. The Bertz CT molecular complexity index is 761. The molecule has 0 bridgehead atoms. The van der Waals surface area contributed by atoms with Crippen LogP contribution in [0.15, 0.2) is 17.5 Å². The van der Waals surface area contributed by atoms with Crippen molar-refractivity contribution < 1.29 is 14.6 Å². The van der Waals surface area contributed by atoms with Gasteiger partial charge < -0.3 is 19.5 Å². The molecule has 0 aromatic carbocycles. The molecule has 1 saturated carbocycles. The summed E-state index contributed by atoms with van der Waals surface area (Å²) in [7, 11) is 3.40. The van der Waals surface area contributed by atoms with E-state index in [1.165, 1.54) is 11.3 Å². The van der Waals surface area contributed by atoms with E-state index < -0.39 is 5.60 Å². The Balaban J connectivity index is 1.65. The minimum absolute atomic E-state index is 0.173. The second kappa shape index (κ2) is 7.50. The van der Waals surface area contributed by atoms with Crippen molar-refractivity contribution in [3.63, 3.8) is 0 Å². The maximum Gasteiger partial charge on any atom is 0.227 e. The summed E-state index contributed by atoms with van der Waals surface area (Å²) in [6, 6.07) is 4.14. The molecule has 2 aromatic heterocycles. The third-order valence-corrected chi connectivity index (χ3v) is 6.77. The fourth-order valence-corrected chi connectivity index (χ4v) is 5.34. The highest BCUT2D eigenvalue weighted by Crippen LogP contribution is 2.41. The molecule has 7 nitrogen and oxygen atoms in total. The lowest BCUT2D eigenvalue weighted by Gasteiger charge is -2.25. The molecule has 1 aliphatic carbocycles. The molecule has 2 fully saturated rings. The molecule has 8 heteroatoms. The van der Waals surface area contributed by atoms with Crippen LogP contribution < -0.4 is 4.90 Å². The zero-order valence-corrected chi connectivity index (χ0v) is 17.0. The van der Waals surface area contributed by atoms with Crippen LogP contribution in [-0.4, -0.2) is 59.9 Å². The predicted octanol–water partition coefficient (Wildman–Crippen LogP) is 2.10. The summed E-state index contributed by atoms with van der Waals surface area (Å²) in [5.41, 5.74) is -1.19. The van der Waals surface area contributed by atoms with Crippen molar-refractivity contribution in [1.82, 2.24) is 14.8 Å². The van der Waals surface area contributed by atoms with Crippen LogP contribution in [-0.2, 0) is 21.6 Å². The van der Waals surface area contributed by atoms with Crippen molar-refractivity contribution in [2.24, 2.45) is 11.8 Å². The van der Waals surface area contributed by atoms with Gasteiger partial charge in [-0.1, -0.05) is 6.07 Å². The number of fused-ring (bicyclic) bond motifs is 1. The highest BCUT2D eigenvalue weighted by atomic mass is 32.1. The van der Waals surface area contributed by atoms with Crippen LogP contribution in [0.5, 0.6) is 0 Å².